The van der Waals surface area contributed by atoms with Crippen LogP contribution in [0.25, 0.3) is 0 Å². The lowest BCUT2D eigenvalue weighted by Crippen LogP contribution is -2.33. The van der Waals surface area contributed by atoms with Crippen LogP contribution in [0.2, 0.25) is 0 Å². The van der Waals surface area contributed by atoms with E-state index in [4.69, 9.17) is 15.9 Å². The first kappa shape index (κ1) is 15.3. The van der Waals surface area contributed by atoms with Crippen LogP contribution in [0.15, 0.2) is 15.4 Å². The number of rotatable bonds is 6. The van der Waals surface area contributed by atoms with E-state index < -0.39 is 27.8 Å². The maximum absolute atomic E-state index is 12.1. The molecule has 0 aromatic carbocycles. The van der Waals surface area contributed by atoms with Crippen molar-refractivity contribution in [1.82, 2.24) is 4.72 Å². The fourth-order valence-corrected chi connectivity index (χ4v) is 2.92. The van der Waals surface area contributed by atoms with Gasteiger partial charge in [-0.2, -0.15) is 4.72 Å². The molecule has 1 unspecified atom stereocenters. The Morgan fingerprint density at radius 2 is 2.26 bits per heavy atom. The Bertz CT molecular complexity index is 609. The minimum absolute atomic E-state index is 0.0113. The molecule has 0 aliphatic carbocycles. The maximum Gasteiger partial charge on any atom is 0.371 e. The van der Waals surface area contributed by atoms with Gasteiger partial charge in [0.25, 0.3) is 0 Å². The van der Waals surface area contributed by atoms with Crippen molar-refractivity contribution in [2.45, 2.75) is 37.6 Å². The van der Waals surface area contributed by atoms with E-state index >= 15 is 0 Å². The molecule has 0 spiro atoms. The SMILES string of the molecule is C#CC(CCC)NS(=O)(=O)c1cc(C(=O)O)oc1C. The fourth-order valence-electron chi connectivity index (χ4n) is 1.55. The summed E-state index contributed by atoms with van der Waals surface area (Å²) in [5.74, 6) is 0.599. The summed E-state index contributed by atoms with van der Waals surface area (Å²) < 4.78 is 31.4. The largest absolute Gasteiger partial charge is 0.475 e. The molecule has 6 nitrogen and oxygen atoms in total. The number of hydrogen-bond donors (Lipinski definition) is 2. The zero-order valence-corrected chi connectivity index (χ0v) is 11.5. The van der Waals surface area contributed by atoms with Crippen molar-refractivity contribution in [2.24, 2.45) is 0 Å². The highest BCUT2D eigenvalue weighted by Gasteiger charge is 2.25. The molecular formula is C12H15NO5S. The summed E-state index contributed by atoms with van der Waals surface area (Å²) in [7, 11) is -3.89. The van der Waals surface area contributed by atoms with Gasteiger partial charge in [0.05, 0.1) is 6.04 Å². The Morgan fingerprint density at radius 1 is 1.63 bits per heavy atom. The Kier molecular flexibility index (Phi) is 4.75. The third-order valence-corrected chi connectivity index (χ3v) is 4.03. The smallest absolute Gasteiger partial charge is 0.371 e. The Balaban J connectivity index is 3.07. The first-order chi connectivity index (χ1) is 8.81. The molecule has 0 fully saturated rings. The number of aryl methyl sites for hydroxylation is 1. The molecule has 1 aromatic heterocycles. The Morgan fingerprint density at radius 3 is 2.68 bits per heavy atom. The second-order valence-corrected chi connectivity index (χ2v) is 5.65. The molecule has 0 bridgehead atoms. The van der Waals surface area contributed by atoms with E-state index in [-0.39, 0.29) is 10.7 Å². The number of hydrogen-bond acceptors (Lipinski definition) is 4. The predicted molar refractivity (Wildman–Crippen MR) is 68.3 cm³/mol. The van der Waals surface area contributed by atoms with Gasteiger partial charge in [0.1, 0.15) is 10.7 Å². The molecule has 1 heterocycles. The van der Waals surface area contributed by atoms with Gasteiger partial charge in [0, 0.05) is 6.07 Å². The van der Waals surface area contributed by atoms with Crippen molar-refractivity contribution >= 4 is 16.0 Å². The summed E-state index contributed by atoms with van der Waals surface area (Å²) in [5.41, 5.74) is 0. The molecule has 2 N–H and O–H groups in total. The van der Waals surface area contributed by atoms with Crippen molar-refractivity contribution in [3.8, 4) is 12.3 Å². The Labute approximate surface area is 111 Å². The molecule has 0 aliphatic rings. The number of terminal acetylenes is 1. The monoisotopic (exact) mass is 285 g/mol. The molecule has 1 aromatic rings. The van der Waals surface area contributed by atoms with Crippen LogP contribution in [0.1, 0.15) is 36.1 Å². The molecule has 0 radical (unpaired) electrons. The highest BCUT2D eigenvalue weighted by Crippen LogP contribution is 2.20. The molecule has 7 heteroatoms. The zero-order valence-electron chi connectivity index (χ0n) is 10.6. The minimum atomic E-state index is -3.89. The maximum atomic E-state index is 12.1. The van der Waals surface area contributed by atoms with Gasteiger partial charge in [0.2, 0.25) is 15.8 Å². The first-order valence-corrected chi connectivity index (χ1v) is 7.12. The second kappa shape index (κ2) is 5.91. The molecule has 0 aliphatic heterocycles. The third kappa shape index (κ3) is 3.59. The lowest BCUT2D eigenvalue weighted by atomic mass is 10.2. The van der Waals surface area contributed by atoms with E-state index in [0.717, 1.165) is 12.5 Å². The molecule has 0 amide bonds. The Hall–Kier alpha value is -1.78. The number of carbonyl (C=O) groups is 1. The molecule has 104 valence electrons. The fraction of sp³-hybridized carbons (Fsp3) is 0.417. The number of nitrogens with one attached hydrogen (secondary N) is 1. The number of furan rings is 1. The van der Waals surface area contributed by atoms with Gasteiger partial charge in [-0.3, -0.25) is 0 Å². The molecular weight excluding hydrogens is 270 g/mol. The van der Waals surface area contributed by atoms with Crippen LogP contribution in [0.3, 0.4) is 0 Å². The lowest BCUT2D eigenvalue weighted by molar-refractivity contribution is 0.0661. The molecule has 1 atom stereocenters. The normalized spacial score (nSPS) is 12.9. The van der Waals surface area contributed by atoms with Crippen LogP contribution in [-0.2, 0) is 10.0 Å². The topological polar surface area (TPSA) is 96.6 Å². The van der Waals surface area contributed by atoms with Gasteiger partial charge in [-0.05, 0) is 13.3 Å². The van der Waals surface area contributed by atoms with E-state index in [9.17, 15) is 13.2 Å². The molecule has 0 saturated heterocycles. The van der Waals surface area contributed by atoms with Gasteiger partial charge in [-0.15, -0.1) is 6.42 Å². The molecule has 19 heavy (non-hydrogen) atoms. The average molecular weight is 285 g/mol. The average Bonchev–Trinajstić information content (AvgIpc) is 2.71. The predicted octanol–water partition coefficient (Wildman–Crippen LogP) is 1.37. The van der Waals surface area contributed by atoms with E-state index in [2.05, 4.69) is 10.6 Å². The van der Waals surface area contributed by atoms with Crippen LogP contribution in [0.5, 0.6) is 0 Å². The lowest BCUT2D eigenvalue weighted by Gasteiger charge is -2.11. The van der Waals surface area contributed by atoms with Crippen molar-refractivity contribution in [3.63, 3.8) is 0 Å². The van der Waals surface area contributed by atoms with Gasteiger partial charge >= 0.3 is 5.97 Å². The van der Waals surface area contributed by atoms with Crippen LogP contribution < -0.4 is 4.72 Å². The highest BCUT2D eigenvalue weighted by molar-refractivity contribution is 7.89. The molecule has 1 rings (SSSR count). The standard InChI is InChI=1S/C12H15NO5S/c1-4-6-9(5-2)13-19(16,17)11-7-10(12(14)15)18-8(11)3/h2,7,9,13H,4,6H2,1,3H3,(H,14,15). The van der Waals surface area contributed by atoms with Gasteiger partial charge in [0.15, 0.2) is 0 Å². The first-order valence-electron chi connectivity index (χ1n) is 5.64. The number of carboxylic acids is 1. The summed E-state index contributed by atoms with van der Waals surface area (Å²) >= 11 is 0. The summed E-state index contributed by atoms with van der Waals surface area (Å²) in [4.78, 5) is 10.5. The number of aromatic carboxylic acids is 1. The zero-order chi connectivity index (χ0) is 14.6. The molecule has 0 saturated carbocycles. The van der Waals surface area contributed by atoms with Crippen LogP contribution in [0.4, 0.5) is 0 Å². The van der Waals surface area contributed by atoms with E-state index in [1.54, 1.807) is 0 Å². The van der Waals surface area contributed by atoms with Crippen molar-refractivity contribution in [2.75, 3.05) is 0 Å². The van der Waals surface area contributed by atoms with Crippen LogP contribution >= 0.6 is 0 Å². The van der Waals surface area contributed by atoms with E-state index in [1.807, 2.05) is 6.92 Å². The third-order valence-electron chi connectivity index (χ3n) is 2.45. The van der Waals surface area contributed by atoms with Crippen LogP contribution in [-0.4, -0.2) is 25.5 Å². The summed E-state index contributed by atoms with van der Waals surface area (Å²) in [6.07, 6.45) is 6.46. The summed E-state index contributed by atoms with van der Waals surface area (Å²) in [5, 5.41) is 8.76. The quantitative estimate of drug-likeness (QED) is 0.769. The number of carboxylic acid groups (broad SMARTS) is 1. The van der Waals surface area contributed by atoms with Crippen molar-refractivity contribution in [1.29, 1.82) is 0 Å². The van der Waals surface area contributed by atoms with Gasteiger partial charge < -0.3 is 9.52 Å². The number of sulfonamides is 1. The highest BCUT2D eigenvalue weighted by atomic mass is 32.2. The van der Waals surface area contributed by atoms with E-state index in [0.29, 0.717) is 6.42 Å². The van der Waals surface area contributed by atoms with Crippen molar-refractivity contribution in [3.05, 3.63) is 17.6 Å². The summed E-state index contributed by atoms with van der Waals surface area (Å²) in [6, 6.07) is 0.345. The summed E-state index contributed by atoms with van der Waals surface area (Å²) in [6.45, 7) is 3.26. The van der Waals surface area contributed by atoms with Crippen LogP contribution in [0, 0.1) is 19.3 Å². The van der Waals surface area contributed by atoms with Gasteiger partial charge in [-0.1, -0.05) is 19.3 Å². The second-order valence-electron chi connectivity index (χ2n) is 3.97. The van der Waals surface area contributed by atoms with E-state index in [1.165, 1.54) is 6.92 Å². The van der Waals surface area contributed by atoms with Crippen molar-refractivity contribution < 1.29 is 22.7 Å². The minimum Gasteiger partial charge on any atom is -0.475 e. The van der Waals surface area contributed by atoms with Gasteiger partial charge in [-0.25, -0.2) is 13.2 Å².